The predicted octanol–water partition coefficient (Wildman–Crippen LogP) is 0.865. The van der Waals surface area contributed by atoms with Gasteiger partial charge in [0, 0.05) is 17.8 Å². The summed E-state index contributed by atoms with van der Waals surface area (Å²) in [6.07, 6.45) is 5.27. The normalized spacial score (nSPS) is 33.1. The van der Waals surface area contributed by atoms with Gasteiger partial charge in [0.05, 0.1) is 0 Å². The highest BCUT2D eigenvalue weighted by Crippen LogP contribution is 2.39. The number of nitrogens with one attached hydrogen (secondary N) is 1. The van der Waals surface area contributed by atoms with Crippen LogP contribution in [0, 0.1) is 11.8 Å². The molecular weight excluding hydrogens is 300 g/mol. The van der Waals surface area contributed by atoms with Gasteiger partial charge in [0.15, 0.2) is 9.84 Å². The Hall–Kier alpha value is -0.330. The van der Waals surface area contributed by atoms with Gasteiger partial charge >= 0.3 is 0 Å². The third-order valence-electron chi connectivity index (χ3n) is 4.50. The molecule has 2 atom stereocenters. The van der Waals surface area contributed by atoms with E-state index in [9.17, 15) is 13.2 Å². The number of nitrogens with two attached hydrogens (primary N) is 1. The van der Waals surface area contributed by atoms with Crippen LogP contribution >= 0.6 is 12.4 Å². The van der Waals surface area contributed by atoms with Crippen molar-refractivity contribution in [2.75, 3.05) is 11.5 Å². The molecule has 0 aromatic carbocycles. The van der Waals surface area contributed by atoms with E-state index in [0.717, 1.165) is 25.7 Å². The molecule has 2 unspecified atom stereocenters. The van der Waals surface area contributed by atoms with Gasteiger partial charge in [0.2, 0.25) is 5.91 Å². The summed E-state index contributed by atoms with van der Waals surface area (Å²) >= 11 is 0. The fraction of sp³-hybridized carbons (Fsp3) is 0.923. The molecule has 2 aliphatic carbocycles. The topological polar surface area (TPSA) is 89.3 Å². The van der Waals surface area contributed by atoms with E-state index in [2.05, 4.69) is 5.32 Å². The summed E-state index contributed by atoms with van der Waals surface area (Å²) in [5, 5.41) is 2.96. The smallest absolute Gasteiger partial charge is 0.235 e. The van der Waals surface area contributed by atoms with Crippen LogP contribution in [0.1, 0.15) is 39.0 Å². The Bertz CT molecular complexity index is 427. The number of fused-ring (bicyclic) bond motifs is 2. The van der Waals surface area contributed by atoms with E-state index in [1.54, 1.807) is 6.92 Å². The summed E-state index contributed by atoms with van der Waals surface area (Å²) in [5.74, 6) is 0.139. The summed E-state index contributed by atoms with van der Waals surface area (Å²) in [4.78, 5) is 11.9. The number of carbonyl (C=O) groups is 1. The van der Waals surface area contributed by atoms with E-state index in [1.165, 1.54) is 6.42 Å². The van der Waals surface area contributed by atoms with E-state index >= 15 is 0 Å². The van der Waals surface area contributed by atoms with Crippen molar-refractivity contribution >= 4 is 28.2 Å². The molecule has 0 aliphatic heterocycles. The Morgan fingerprint density at radius 3 is 2.30 bits per heavy atom. The lowest BCUT2D eigenvalue weighted by Gasteiger charge is -2.45. The maximum absolute atomic E-state index is 11.9. The van der Waals surface area contributed by atoms with Crippen LogP contribution in [0.15, 0.2) is 0 Å². The molecule has 0 aromatic rings. The minimum absolute atomic E-state index is 0. The second kappa shape index (κ2) is 7.09. The molecule has 0 spiro atoms. The van der Waals surface area contributed by atoms with Gasteiger partial charge in [-0.25, -0.2) is 8.42 Å². The maximum atomic E-state index is 11.9. The van der Waals surface area contributed by atoms with Gasteiger partial charge in [0.25, 0.3) is 0 Å². The zero-order chi connectivity index (χ0) is 14.0. The molecule has 2 bridgehead atoms. The van der Waals surface area contributed by atoms with Gasteiger partial charge in [-0.15, -0.1) is 12.4 Å². The molecule has 0 heterocycles. The number of sulfone groups is 1. The molecule has 0 saturated heterocycles. The number of halogens is 1. The molecular formula is C13H25ClN2O3S. The van der Waals surface area contributed by atoms with Gasteiger partial charge in [0.1, 0.15) is 5.75 Å². The highest BCUT2D eigenvalue weighted by atomic mass is 35.5. The van der Waals surface area contributed by atoms with Crippen molar-refractivity contribution in [3.63, 3.8) is 0 Å². The van der Waals surface area contributed by atoms with Crippen LogP contribution in [0.5, 0.6) is 0 Å². The summed E-state index contributed by atoms with van der Waals surface area (Å²) in [6, 6.07) is 0.371. The van der Waals surface area contributed by atoms with Crippen molar-refractivity contribution in [1.29, 1.82) is 0 Å². The van der Waals surface area contributed by atoms with Crippen LogP contribution < -0.4 is 11.1 Å². The lowest BCUT2D eigenvalue weighted by molar-refractivity contribution is -0.120. The zero-order valence-corrected chi connectivity index (χ0v) is 13.5. The zero-order valence-electron chi connectivity index (χ0n) is 11.9. The Morgan fingerprint density at radius 2 is 1.80 bits per heavy atom. The van der Waals surface area contributed by atoms with Crippen molar-refractivity contribution < 1.29 is 13.2 Å². The first-order chi connectivity index (χ1) is 8.91. The molecule has 2 saturated carbocycles. The molecule has 1 amide bonds. The second-order valence-electron chi connectivity index (χ2n) is 5.95. The van der Waals surface area contributed by atoms with Crippen LogP contribution in [0.4, 0.5) is 0 Å². The van der Waals surface area contributed by atoms with E-state index < -0.39 is 9.84 Å². The number of hydrogen-bond acceptors (Lipinski definition) is 4. The lowest BCUT2D eigenvalue weighted by Crippen LogP contribution is -2.54. The average molecular weight is 325 g/mol. The molecule has 118 valence electrons. The predicted molar refractivity (Wildman–Crippen MR) is 81.5 cm³/mol. The lowest BCUT2D eigenvalue weighted by atomic mass is 9.67. The van der Waals surface area contributed by atoms with Crippen molar-refractivity contribution in [2.24, 2.45) is 17.6 Å². The van der Waals surface area contributed by atoms with E-state index in [4.69, 9.17) is 5.73 Å². The first-order valence-corrected chi connectivity index (χ1v) is 8.99. The molecule has 2 fully saturated rings. The van der Waals surface area contributed by atoms with Gasteiger partial charge in [-0.3, -0.25) is 4.79 Å². The Morgan fingerprint density at radius 1 is 1.25 bits per heavy atom. The Labute approximate surface area is 127 Å². The third-order valence-corrected chi connectivity index (χ3v) is 6.08. The van der Waals surface area contributed by atoms with E-state index in [0.29, 0.717) is 11.8 Å². The van der Waals surface area contributed by atoms with Crippen molar-refractivity contribution in [3.05, 3.63) is 0 Å². The molecule has 2 rings (SSSR count). The minimum atomic E-state index is -3.24. The van der Waals surface area contributed by atoms with Crippen LogP contribution in [-0.2, 0) is 14.6 Å². The van der Waals surface area contributed by atoms with Gasteiger partial charge in [-0.2, -0.15) is 0 Å². The standard InChI is InChI=1S/C13H24N2O3S.ClH/c1-2-19(17,18)8-12(16)15-13-9-4-3-5-10(13)7-11(14)6-9;/h9-11,13H,2-8,14H2,1H3,(H,15,16);1H. The first kappa shape index (κ1) is 17.7. The van der Waals surface area contributed by atoms with Crippen LogP contribution in [0.25, 0.3) is 0 Å². The van der Waals surface area contributed by atoms with Gasteiger partial charge in [-0.05, 0) is 37.5 Å². The maximum Gasteiger partial charge on any atom is 0.235 e. The minimum Gasteiger partial charge on any atom is -0.352 e. The fourth-order valence-corrected chi connectivity index (χ4v) is 4.24. The van der Waals surface area contributed by atoms with Crippen molar-refractivity contribution in [1.82, 2.24) is 5.32 Å². The van der Waals surface area contributed by atoms with Gasteiger partial charge < -0.3 is 11.1 Å². The summed E-state index contributed by atoms with van der Waals surface area (Å²) in [5.41, 5.74) is 6.03. The van der Waals surface area contributed by atoms with Crippen LogP contribution in [0.2, 0.25) is 0 Å². The quantitative estimate of drug-likeness (QED) is 0.803. The van der Waals surface area contributed by atoms with Gasteiger partial charge in [-0.1, -0.05) is 13.3 Å². The molecule has 2 aliphatic rings. The molecule has 0 aromatic heterocycles. The van der Waals surface area contributed by atoms with E-state index in [-0.39, 0.29) is 41.9 Å². The second-order valence-corrected chi connectivity index (χ2v) is 8.31. The largest absolute Gasteiger partial charge is 0.352 e. The van der Waals surface area contributed by atoms with Crippen molar-refractivity contribution in [3.8, 4) is 0 Å². The van der Waals surface area contributed by atoms with Crippen molar-refractivity contribution in [2.45, 2.75) is 51.1 Å². The average Bonchev–Trinajstić information content (AvgIpc) is 2.29. The number of carbonyl (C=O) groups excluding carboxylic acids is 1. The third kappa shape index (κ3) is 4.33. The molecule has 0 radical (unpaired) electrons. The highest BCUT2D eigenvalue weighted by molar-refractivity contribution is 7.92. The Kier molecular flexibility index (Phi) is 6.28. The summed E-state index contributed by atoms with van der Waals surface area (Å²) in [7, 11) is -3.24. The first-order valence-electron chi connectivity index (χ1n) is 7.16. The summed E-state index contributed by atoms with van der Waals surface area (Å²) in [6.45, 7) is 1.57. The highest BCUT2D eigenvalue weighted by Gasteiger charge is 2.40. The number of amides is 1. The molecule has 20 heavy (non-hydrogen) atoms. The summed E-state index contributed by atoms with van der Waals surface area (Å²) < 4.78 is 22.9. The molecule has 5 nitrogen and oxygen atoms in total. The van der Waals surface area contributed by atoms with E-state index in [1.807, 2.05) is 0 Å². The monoisotopic (exact) mass is 324 g/mol. The van der Waals surface area contributed by atoms with Crippen LogP contribution in [-0.4, -0.2) is 37.9 Å². The number of rotatable bonds is 4. The number of hydrogen-bond donors (Lipinski definition) is 2. The van der Waals surface area contributed by atoms with Crippen LogP contribution in [0.3, 0.4) is 0 Å². The Balaban J connectivity index is 0.00000200. The molecule has 7 heteroatoms. The molecule has 3 N–H and O–H groups in total. The SMILES string of the molecule is CCS(=O)(=O)CC(=O)NC1C2CCCC1CC(N)C2.Cl. The fourth-order valence-electron chi connectivity index (χ4n) is 3.55.